The second-order valence-corrected chi connectivity index (χ2v) is 15.2. The number of hydrogen-bond donors (Lipinski definition) is 0. The lowest BCUT2D eigenvalue weighted by Gasteiger charge is -2.24. The minimum Gasteiger partial charge on any atom is -0.0616 e. The Balaban J connectivity index is 1.14. The first-order chi connectivity index (χ1) is 26.1. The van der Waals surface area contributed by atoms with Crippen molar-refractivity contribution in [3.8, 4) is 44.5 Å². The fourth-order valence-electron chi connectivity index (χ4n) is 9.70. The van der Waals surface area contributed by atoms with Gasteiger partial charge in [0.05, 0.1) is 0 Å². The second-order valence-electron chi connectivity index (χ2n) is 15.2. The van der Waals surface area contributed by atoms with Gasteiger partial charge in [0.2, 0.25) is 0 Å². The molecule has 53 heavy (non-hydrogen) atoms. The minimum atomic E-state index is -0.126. The predicted octanol–water partition coefficient (Wildman–Crippen LogP) is 14.8. The van der Waals surface area contributed by atoms with Gasteiger partial charge >= 0.3 is 0 Å². The molecule has 11 rings (SSSR count). The molecule has 0 spiro atoms. The van der Waals surface area contributed by atoms with Gasteiger partial charge in [0.15, 0.2) is 0 Å². The van der Waals surface area contributed by atoms with Gasteiger partial charge in [0.1, 0.15) is 0 Å². The summed E-state index contributed by atoms with van der Waals surface area (Å²) in [6.07, 6.45) is 0. The maximum absolute atomic E-state index is 2.50. The zero-order chi connectivity index (χ0) is 35.3. The lowest BCUT2D eigenvalue weighted by Crippen LogP contribution is -2.15. The molecular weight excluding hydrogens is 637 g/mol. The molecule has 0 bridgehead atoms. The monoisotopic (exact) mass is 672 g/mol. The van der Waals surface area contributed by atoms with Gasteiger partial charge in [-0.25, -0.2) is 0 Å². The maximum atomic E-state index is 2.50. The summed E-state index contributed by atoms with van der Waals surface area (Å²) < 4.78 is 0. The van der Waals surface area contributed by atoms with Gasteiger partial charge in [-0.15, -0.1) is 0 Å². The molecule has 0 amide bonds. The Hall–Kier alpha value is -6.50. The summed E-state index contributed by atoms with van der Waals surface area (Å²) in [6, 6.07) is 67.7. The van der Waals surface area contributed by atoms with Crippen LogP contribution in [0.2, 0.25) is 0 Å². The number of rotatable bonds is 3. The molecule has 10 aromatic carbocycles. The molecule has 0 unspecified atom stereocenters. The van der Waals surface area contributed by atoms with E-state index in [0.717, 1.165) is 0 Å². The third-order valence-corrected chi connectivity index (χ3v) is 12.0. The highest BCUT2D eigenvalue weighted by Crippen LogP contribution is 2.56. The van der Waals surface area contributed by atoms with Crippen molar-refractivity contribution in [2.75, 3.05) is 0 Å². The van der Waals surface area contributed by atoms with Crippen LogP contribution in [-0.2, 0) is 5.41 Å². The summed E-state index contributed by atoms with van der Waals surface area (Å²) in [5, 5.41) is 13.0. The van der Waals surface area contributed by atoms with Gasteiger partial charge in [0, 0.05) is 5.41 Å². The van der Waals surface area contributed by atoms with E-state index in [-0.39, 0.29) is 5.41 Å². The molecule has 248 valence electrons. The molecule has 0 fully saturated rings. The fourth-order valence-corrected chi connectivity index (χ4v) is 9.70. The maximum Gasteiger partial charge on any atom is 0.0165 e. The molecule has 0 radical (unpaired) electrons. The van der Waals surface area contributed by atoms with E-state index in [1.807, 2.05) is 0 Å². The average molecular weight is 673 g/mol. The molecule has 0 saturated heterocycles. The smallest absolute Gasteiger partial charge is 0.0165 e. The molecule has 0 N–H and O–H groups in total. The first kappa shape index (κ1) is 30.2. The van der Waals surface area contributed by atoms with Crippen LogP contribution in [0.1, 0.15) is 25.0 Å². The summed E-state index contributed by atoms with van der Waals surface area (Å²) >= 11 is 0. The highest BCUT2D eigenvalue weighted by atomic mass is 14.4. The second kappa shape index (κ2) is 11.2. The fraction of sp³-hybridized carbons (Fsp3) is 0.0566. The topological polar surface area (TPSA) is 0 Å². The number of benzene rings is 10. The van der Waals surface area contributed by atoms with Gasteiger partial charge < -0.3 is 0 Å². The molecule has 10 aromatic rings. The van der Waals surface area contributed by atoms with Crippen LogP contribution in [0.5, 0.6) is 0 Å². The Kier molecular flexibility index (Phi) is 6.40. The Morgan fingerprint density at radius 3 is 1.36 bits per heavy atom. The van der Waals surface area contributed by atoms with E-state index in [1.54, 1.807) is 0 Å². The van der Waals surface area contributed by atoms with E-state index in [1.165, 1.54) is 109 Å². The predicted molar refractivity (Wildman–Crippen MR) is 228 cm³/mol. The van der Waals surface area contributed by atoms with E-state index < -0.39 is 0 Å². The van der Waals surface area contributed by atoms with E-state index in [2.05, 4.69) is 196 Å². The van der Waals surface area contributed by atoms with Gasteiger partial charge in [0.25, 0.3) is 0 Å². The van der Waals surface area contributed by atoms with Gasteiger partial charge in [-0.05, 0) is 116 Å². The molecule has 0 aliphatic heterocycles. The van der Waals surface area contributed by atoms with Crippen molar-refractivity contribution in [1.29, 1.82) is 0 Å². The van der Waals surface area contributed by atoms with Gasteiger partial charge in [-0.2, -0.15) is 0 Å². The van der Waals surface area contributed by atoms with Crippen molar-refractivity contribution in [1.82, 2.24) is 0 Å². The van der Waals surface area contributed by atoms with E-state index in [4.69, 9.17) is 0 Å². The molecular formula is C53H36. The first-order valence-electron chi connectivity index (χ1n) is 18.7. The molecule has 1 aliphatic carbocycles. The summed E-state index contributed by atoms with van der Waals surface area (Å²) in [6.45, 7) is 4.81. The van der Waals surface area contributed by atoms with Crippen molar-refractivity contribution in [3.05, 3.63) is 193 Å². The largest absolute Gasteiger partial charge is 0.0616 e. The Bertz CT molecular complexity index is 3060. The summed E-state index contributed by atoms with van der Waals surface area (Å²) in [5.41, 5.74) is 13.0. The van der Waals surface area contributed by atoms with E-state index in [9.17, 15) is 0 Å². The molecule has 1 aliphatic rings. The van der Waals surface area contributed by atoms with Gasteiger partial charge in [-0.1, -0.05) is 190 Å². The van der Waals surface area contributed by atoms with Crippen LogP contribution in [0.25, 0.3) is 98.4 Å². The summed E-state index contributed by atoms with van der Waals surface area (Å²) in [5.74, 6) is 0. The summed E-state index contributed by atoms with van der Waals surface area (Å²) in [7, 11) is 0. The van der Waals surface area contributed by atoms with E-state index in [0.29, 0.717) is 0 Å². The van der Waals surface area contributed by atoms with E-state index >= 15 is 0 Å². The molecule has 0 heterocycles. The van der Waals surface area contributed by atoms with Crippen LogP contribution < -0.4 is 0 Å². The third-order valence-electron chi connectivity index (χ3n) is 12.0. The zero-order valence-corrected chi connectivity index (χ0v) is 29.8. The van der Waals surface area contributed by atoms with Gasteiger partial charge in [-0.3, -0.25) is 0 Å². The van der Waals surface area contributed by atoms with Crippen molar-refractivity contribution in [2.45, 2.75) is 19.3 Å². The minimum absolute atomic E-state index is 0.126. The summed E-state index contributed by atoms with van der Waals surface area (Å²) in [4.78, 5) is 0. The average Bonchev–Trinajstić information content (AvgIpc) is 3.46. The highest BCUT2D eigenvalue weighted by Gasteiger charge is 2.38. The van der Waals surface area contributed by atoms with Crippen LogP contribution in [0.4, 0.5) is 0 Å². The molecule has 0 atom stereocenters. The molecule has 0 heteroatoms. The normalized spacial score (nSPS) is 13.2. The standard InChI is InChI=1S/C53H36/c1-53(2)48-31-30-36(32-47(48)51-41-19-7-5-17-39(41)40-18-6-12-24-46(40)52(51)53)50-44-22-10-8-20-42(44)49(43-21-9-11-23-45(43)50)35-28-26-34(27-29-35)38-25-13-15-33-14-3-4-16-37(33)38/h3-32H,1-2H3. The Labute approximate surface area is 309 Å². The van der Waals surface area contributed by atoms with Crippen molar-refractivity contribution in [2.24, 2.45) is 0 Å². The SMILES string of the molecule is CC1(C)c2ccc(-c3c4ccccc4c(-c4ccc(-c5cccc6ccccc56)cc4)c4ccccc34)cc2-c2c1c1ccccc1c1ccccc21. The Morgan fingerprint density at radius 1 is 0.302 bits per heavy atom. The van der Waals surface area contributed by atoms with Crippen LogP contribution in [0.3, 0.4) is 0 Å². The zero-order valence-electron chi connectivity index (χ0n) is 29.8. The molecule has 0 saturated carbocycles. The third kappa shape index (κ3) is 4.30. The number of fused-ring (bicyclic) bond motifs is 11. The van der Waals surface area contributed by atoms with Crippen molar-refractivity contribution in [3.63, 3.8) is 0 Å². The highest BCUT2D eigenvalue weighted by molar-refractivity contribution is 6.22. The Morgan fingerprint density at radius 2 is 0.736 bits per heavy atom. The van der Waals surface area contributed by atoms with Crippen LogP contribution in [0, 0.1) is 0 Å². The lowest BCUT2D eigenvalue weighted by molar-refractivity contribution is 0.666. The van der Waals surface area contributed by atoms with Crippen LogP contribution >= 0.6 is 0 Å². The number of hydrogen-bond acceptors (Lipinski definition) is 0. The van der Waals surface area contributed by atoms with Crippen LogP contribution in [-0.4, -0.2) is 0 Å². The van der Waals surface area contributed by atoms with Crippen molar-refractivity contribution >= 4 is 53.9 Å². The quantitative estimate of drug-likeness (QED) is 0.129. The first-order valence-corrected chi connectivity index (χ1v) is 18.7. The molecule has 0 nitrogen and oxygen atoms in total. The lowest BCUT2D eigenvalue weighted by atomic mass is 9.79. The molecule has 0 aromatic heterocycles. The van der Waals surface area contributed by atoms with Crippen LogP contribution in [0.15, 0.2) is 182 Å². The van der Waals surface area contributed by atoms with Crippen molar-refractivity contribution < 1.29 is 0 Å².